The van der Waals surface area contributed by atoms with Crippen molar-refractivity contribution in [1.29, 1.82) is 0 Å². The summed E-state index contributed by atoms with van der Waals surface area (Å²) in [6, 6.07) is 0. The highest BCUT2D eigenvalue weighted by Crippen LogP contribution is 2.37. The molecule has 8 nitrogen and oxygen atoms in total. The Balaban J connectivity index is 3.93. The summed E-state index contributed by atoms with van der Waals surface area (Å²) in [4.78, 5) is 22.3. The lowest BCUT2D eigenvalue weighted by Gasteiger charge is -2.30. The summed E-state index contributed by atoms with van der Waals surface area (Å²) >= 11 is 0. The topological polar surface area (TPSA) is 94.1 Å². The molecule has 0 aromatic rings. The molecule has 0 spiro atoms. The highest BCUT2D eigenvalue weighted by Gasteiger charge is 2.18. The van der Waals surface area contributed by atoms with E-state index in [4.69, 9.17) is 9.26 Å². The van der Waals surface area contributed by atoms with Gasteiger partial charge in [-0.25, -0.2) is 4.79 Å². The van der Waals surface area contributed by atoms with Crippen LogP contribution in [-0.2, 0) is 27.9 Å². The van der Waals surface area contributed by atoms with Crippen molar-refractivity contribution in [2.75, 3.05) is 60.7 Å². The summed E-state index contributed by atoms with van der Waals surface area (Å²) in [6.07, 6.45) is 1.09. The molecule has 0 fully saturated rings. The highest BCUT2D eigenvalue weighted by atomic mass is 31.2. The standard InChI is InChI=1S/C12H24NO7P/c1-5-12(14)18-8-6-13(2,3)7-9-19-21(15,16)20-11-10-17-4/h5H,1,6-11H2,2-4H3. The van der Waals surface area contributed by atoms with Crippen molar-refractivity contribution in [2.45, 2.75) is 0 Å². The second-order valence-corrected chi connectivity index (χ2v) is 6.27. The Morgan fingerprint density at radius 2 is 1.76 bits per heavy atom. The summed E-state index contributed by atoms with van der Waals surface area (Å²) in [5, 5.41) is 0. The Kier molecular flexibility index (Phi) is 9.68. The number of ether oxygens (including phenoxy) is 2. The molecule has 0 aromatic heterocycles. The van der Waals surface area contributed by atoms with Gasteiger partial charge >= 0.3 is 5.97 Å². The van der Waals surface area contributed by atoms with Gasteiger partial charge in [-0.2, -0.15) is 0 Å². The minimum atomic E-state index is -4.29. The van der Waals surface area contributed by atoms with Gasteiger partial charge in [0.25, 0.3) is 7.82 Å². The lowest BCUT2D eigenvalue weighted by molar-refractivity contribution is -0.890. The van der Waals surface area contributed by atoms with Crippen LogP contribution in [0.4, 0.5) is 0 Å². The van der Waals surface area contributed by atoms with E-state index in [0.29, 0.717) is 17.6 Å². The van der Waals surface area contributed by atoms with Crippen LogP contribution in [0.1, 0.15) is 0 Å². The van der Waals surface area contributed by atoms with Crippen LogP contribution in [0.2, 0.25) is 0 Å². The number of esters is 1. The van der Waals surface area contributed by atoms with Gasteiger partial charge in [-0.3, -0.25) is 4.57 Å². The number of carbonyl (C=O) groups excluding carboxylic acids is 1. The fourth-order valence-corrected chi connectivity index (χ4v) is 1.91. The van der Waals surface area contributed by atoms with Crippen LogP contribution in [0.15, 0.2) is 12.7 Å². The van der Waals surface area contributed by atoms with E-state index in [-0.39, 0.29) is 26.4 Å². The molecule has 0 heterocycles. The van der Waals surface area contributed by atoms with Gasteiger partial charge in [0.1, 0.15) is 26.3 Å². The maximum Gasteiger partial charge on any atom is 0.330 e. The third kappa shape index (κ3) is 11.6. The molecule has 21 heavy (non-hydrogen) atoms. The first-order chi connectivity index (χ1) is 9.72. The smallest absolute Gasteiger partial charge is 0.330 e. The molecule has 0 rings (SSSR count). The summed E-state index contributed by atoms with van der Waals surface area (Å²) in [5.74, 6) is -0.484. The van der Waals surface area contributed by atoms with E-state index < -0.39 is 13.8 Å². The summed E-state index contributed by atoms with van der Waals surface area (Å²) in [6.45, 7) is 4.54. The molecule has 0 radical (unpaired) electrons. The normalized spacial score (nSPS) is 14.5. The third-order valence-electron chi connectivity index (χ3n) is 2.59. The Bertz CT molecular complexity index is 373. The molecule has 1 atom stereocenters. The van der Waals surface area contributed by atoms with Crippen molar-refractivity contribution in [2.24, 2.45) is 0 Å². The average molecular weight is 325 g/mol. The molecule has 0 bridgehead atoms. The van der Waals surface area contributed by atoms with Crippen molar-refractivity contribution in [3.63, 3.8) is 0 Å². The zero-order valence-corrected chi connectivity index (χ0v) is 13.7. The van der Waals surface area contributed by atoms with E-state index in [1.54, 1.807) is 0 Å². The van der Waals surface area contributed by atoms with Crippen molar-refractivity contribution < 1.29 is 37.3 Å². The monoisotopic (exact) mass is 325 g/mol. The van der Waals surface area contributed by atoms with Crippen LogP contribution >= 0.6 is 7.82 Å². The van der Waals surface area contributed by atoms with E-state index in [0.717, 1.165) is 6.08 Å². The first-order valence-corrected chi connectivity index (χ1v) is 7.89. The largest absolute Gasteiger partial charge is 0.756 e. The molecule has 0 saturated heterocycles. The maximum atomic E-state index is 11.4. The van der Waals surface area contributed by atoms with Crippen LogP contribution in [0.5, 0.6) is 0 Å². The van der Waals surface area contributed by atoms with Gasteiger partial charge in [0.15, 0.2) is 0 Å². The van der Waals surface area contributed by atoms with Gasteiger partial charge in [-0.15, -0.1) is 0 Å². The zero-order chi connectivity index (χ0) is 16.4. The van der Waals surface area contributed by atoms with Gasteiger partial charge in [-0.1, -0.05) is 6.58 Å². The van der Waals surface area contributed by atoms with Crippen LogP contribution in [-0.4, -0.2) is 71.2 Å². The number of hydrogen-bond acceptors (Lipinski definition) is 7. The minimum Gasteiger partial charge on any atom is -0.756 e. The number of rotatable bonds is 12. The summed E-state index contributed by atoms with van der Waals surface area (Å²) < 4.78 is 30.7. The van der Waals surface area contributed by atoms with Gasteiger partial charge in [-0.05, 0) is 0 Å². The van der Waals surface area contributed by atoms with Crippen LogP contribution in [0.25, 0.3) is 0 Å². The van der Waals surface area contributed by atoms with E-state index in [1.165, 1.54) is 7.11 Å². The number of quaternary nitrogens is 1. The number of hydrogen-bond donors (Lipinski definition) is 0. The molecule has 0 N–H and O–H groups in total. The summed E-state index contributed by atoms with van der Waals surface area (Å²) in [7, 11) is 0.886. The van der Waals surface area contributed by atoms with Crippen LogP contribution < -0.4 is 4.89 Å². The quantitative estimate of drug-likeness (QED) is 0.163. The fourth-order valence-electron chi connectivity index (χ4n) is 1.23. The molecule has 0 aliphatic heterocycles. The molecule has 0 aliphatic rings. The number of phosphoric acid groups is 1. The molecular weight excluding hydrogens is 301 g/mol. The van der Waals surface area contributed by atoms with Crippen molar-refractivity contribution in [3.05, 3.63) is 12.7 Å². The summed E-state index contributed by atoms with van der Waals surface area (Å²) in [5.41, 5.74) is 0. The van der Waals surface area contributed by atoms with E-state index in [9.17, 15) is 14.3 Å². The Hall–Kier alpha value is -0.760. The SMILES string of the molecule is C=CC(=O)OCC[N+](C)(C)CCOP(=O)([O-])OCCOC. The fraction of sp³-hybridized carbons (Fsp3) is 0.750. The number of methoxy groups -OCH3 is 1. The molecule has 124 valence electrons. The van der Waals surface area contributed by atoms with E-state index in [2.05, 4.69) is 15.8 Å². The molecular formula is C12H24NO7P. The van der Waals surface area contributed by atoms with Gasteiger partial charge in [0.2, 0.25) is 0 Å². The predicted molar refractivity (Wildman–Crippen MR) is 74.4 cm³/mol. The Morgan fingerprint density at radius 1 is 1.19 bits per heavy atom. The van der Waals surface area contributed by atoms with Gasteiger partial charge < -0.3 is 27.9 Å². The lowest BCUT2D eigenvalue weighted by Crippen LogP contribution is -2.44. The molecule has 1 unspecified atom stereocenters. The Labute approximate surface area is 125 Å². The van der Waals surface area contributed by atoms with Crippen molar-refractivity contribution in [3.8, 4) is 0 Å². The predicted octanol–water partition coefficient (Wildman–Crippen LogP) is -0.0600. The first-order valence-electron chi connectivity index (χ1n) is 6.43. The molecule has 0 aromatic carbocycles. The number of likely N-dealkylation sites (N-methyl/N-ethyl adjacent to an activating group) is 1. The van der Waals surface area contributed by atoms with Crippen LogP contribution in [0.3, 0.4) is 0 Å². The van der Waals surface area contributed by atoms with Gasteiger partial charge in [0, 0.05) is 13.2 Å². The molecule has 9 heteroatoms. The maximum absolute atomic E-state index is 11.4. The zero-order valence-electron chi connectivity index (χ0n) is 12.8. The van der Waals surface area contributed by atoms with Crippen LogP contribution in [0, 0.1) is 0 Å². The van der Waals surface area contributed by atoms with Crippen molar-refractivity contribution in [1.82, 2.24) is 0 Å². The third-order valence-corrected chi connectivity index (χ3v) is 3.59. The first kappa shape index (κ1) is 20.2. The Morgan fingerprint density at radius 3 is 2.33 bits per heavy atom. The number of phosphoric ester groups is 1. The van der Waals surface area contributed by atoms with E-state index in [1.807, 2.05) is 14.1 Å². The molecule has 0 saturated carbocycles. The number of nitrogens with zero attached hydrogens (tertiary/aromatic N) is 1. The average Bonchev–Trinajstić information content (AvgIpc) is 2.37. The second kappa shape index (κ2) is 10.0. The lowest BCUT2D eigenvalue weighted by atomic mass is 10.4. The molecule has 0 aliphatic carbocycles. The highest BCUT2D eigenvalue weighted by molar-refractivity contribution is 7.45. The van der Waals surface area contributed by atoms with Crippen molar-refractivity contribution >= 4 is 13.8 Å². The second-order valence-electron chi connectivity index (χ2n) is 4.86. The number of carbonyl (C=O) groups is 1. The molecule has 0 amide bonds. The van der Waals surface area contributed by atoms with Gasteiger partial charge in [0.05, 0.1) is 27.3 Å². The van der Waals surface area contributed by atoms with E-state index >= 15 is 0 Å². The minimum absolute atomic E-state index is 0.0177.